The number of para-hydroxylation sites is 1. The molecule has 3 aromatic carbocycles. The van der Waals surface area contributed by atoms with Gasteiger partial charge in [0.2, 0.25) is 5.91 Å². The zero-order valence-corrected chi connectivity index (χ0v) is 17.2. The summed E-state index contributed by atoms with van der Waals surface area (Å²) in [5, 5.41) is 15.6. The van der Waals surface area contributed by atoms with Crippen molar-refractivity contribution in [2.45, 2.75) is 13.5 Å². The molecule has 2 amide bonds. The highest BCUT2D eigenvalue weighted by Gasteiger charge is 2.06. The molecule has 0 unspecified atom stereocenters. The maximum atomic E-state index is 12.3. The molecule has 162 valence electrons. The topological polar surface area (TPSA) is 117 Å². The Morgan fingerprint density at radius 1 is 0.938 bits per heavy atom. The van der Waals surface area contributed by atoms with E-state index in [9.17, 15) is 14.4 Å². The molecular weight excluding hydrogens is 410 g/mol. The van der Waals surface area contributed by atoms with Crippen molar-refractivity contribution in [3.05, 3.63) is 95.1 Å². The third-order valence-corrected chi connectivity index (χ3v) is 4.35. The Labute approximate surface area is 184 Å². The molecule has 0 aromatic heterocycles. The lowest BCUT2D eigenvalue weighted by Crippen LogP contribution is -2.17. The lowest BCUT2D eigenvalue weighted by Gasteiger charge is -2.09. The number of nitrogens with zero attached hydrogens (tertiary/aromatic N) is 1. The molecule has 0 saturated carbocycles. The number of hydrogen-bond acceptors (Lipinski definition) is 5. The second kappa shape index (κ2) is 10.5. The Bertz CT molecular complexity index is 1140. The minimum atomic E-state index is -0.982. The molecule has 0 fully saturated rings. The van der Waals surface area contributed by atoms with Crippen LogP contribution in [0.2, 0.25) is 0 Å². The van der Waals surface area contributed by atoms with Crippen LogP contribution in [0.5, 0.6) is 5.75 Å². The minimum Gasteiger partial charge on any atom is -0.488 e. The first-order valence-corrected chi connectivity index (χ1v) is 9.67. The third kappa shape index (κ3) is 6.27. The van der Waals surface area contributed by atoms with Gasteiger partial charge >= 0.3 is 5.97 Å². The number of anilines is 1. The zero-order chi connectivity index (χ0) is 22.9. The number of carboxylic acid groups (broad SMARTS) is 1. The zero-order valence-electron chi connectivity index (χ0n) is 17.2. The fraction of sp³-hybridized carbons (Fsp3) is 0.0833. The number of nitrogens with one attached hydrogen (secondary N) is 2. The van der Waals surface area contributed by atoms with Crippen LogP contribution in [0, 0.1) is 0 Å². The average molecular weight is 431 g/mol. The molecule has 8 nitrogen and oxygen atoms in total. The second-order valence-corrected chi connectivity index (χ2v) is 6.79. The molecule has 3 N–H and O–H groups in total. The Kier molecular flexibility index (Phi) is 7.32. The van der Waals surface area contributed by atoms with Crippen molar-refractivity contribution >= 4 is 29.7 Å². The van der Waals surface area contributed by atoms with Crippen molar-refractivity contribution in [3.63, 3.8) is 0 Å². The van der Waals surface area contributed by atoms with Crippen molar-refractivity contribution in [2.75, 3.05) is 5.32 Å². The van der Waals surface area contributed by atoms with E-state index in [1.165, 1.54) is 25.3 Å². The fourth-order valence-corrected chi connectivity index (χ4v) is 2.76. The molecule has 0 saturated heterocycles. The van der Waals surface area contributed by atoms with Crippen molar-refractivity contribution in [2.24, 2.45) is 5.10 Å². The number of hydrazone groups is 1. The van der Waals surface area contributed by atoms with Gasteiger partial charge in [-0.3, -0.25) is 9.59 Å². The van der Waals surface area contributed by atoms with Crippen LogP contribution in [0.4, 0.5) is 5.69 Å². The van der Waals surface area contributed by atoms with Gasteiger partial charge in [0.1, 0.15) is 12.4 Å². The first-order chi connectivity index (χ1) is 15.4. The largest absolute Gasteiger partial charge is 0.488 e. The number of hydrogen-bond donors (Lipinski definition) is 3. The highest BCUT2D eigenvalue weighted by atomic mass is 16.5. The van der Waals surface area contributed by atoms with Crippen LogP contribution in [0.25, 0.3) is 0 Å². The number of carbonyl (C=O) groups is 3. The summed E-state index contributed by atoms with van der Waals surface area (Å²) in [5.74, 6) is -1.00. The van der Waals surface area contributed by atoms with Gasteiger partial charge in [0.15, 0.2) is 0 Å². The van der Waals surface area contributed by atoms with Gasteiger partial charge in [0.25, 0.3) is 5.91 Å². The summed E-state index contributed by atoms with van der Waals surface area (Å²) in [6.45, 7) is 1.66. The number of rotatable bonds is 8. The normalized spacial score (nSPS) is 10.5. The first-order valence-electron chi connectivity index (χ1n) is 9.67. The minimum absolute atomic E-state index is 0.190. The molecule has 0 radical (unpaired) electrons. The van der Waals surface area contributed by atoms with Gasteiger partial charge in [-0.2, -0.15) is 5.10 Å². The maximum Gasteiger partial charge on any atom is 0.335 e. The van der Waals surface area contributed by atoms with E-state index in [1.807, 2.05) is 12.1 Å². The van der Waals surface area contributed by atoms with E-state index in [4.69, 9.17) is 9.84 Å². The number of ether oxygens (including phenoxy) is 1. The predicted molar refractivity (Wildman–Crippen MR) is 120 cm³/mol. The predicted octanol–water partition coefficient (Wildman–Crippen LogP) is 3.69. The monoisotopic (exact) mass is 431 g/mol. The van der Waals surface area contributed by atoms with E-state index in [2.05, 4.69) is 15.8 Å². The summed E-state index contributed by atoms with van der Waals surface area (Å²) in [6, 6.07) is 20.1. The summed E-state index contributed by atoms with van der Waals surface area (Å²) in [6.07, 6.45) is 1.48. The smallest absolute Gasteiger partial charge is 0.335 e. The van der Waals surface area contributed by atoms with Crippen molar-refractivity contribution in [1.82, 2.24) is 5.43 Å². The van der Waals surface area contributed by atoms with E-state index in [1.54, 1.807) is 48.5 Å². The molecule has 8 heteroatoms. The van der Waals surface area contributed by atoms with Crippen molar-refractivity contribution in [1.29, 1.82) is 0 Å². The molecular formula is C24H21N3O5. The lowest BCUT2D eigenvalue weighted by atomic mass is 10.1. The Morgan fingerprint density at radius 2 is 1.59 bits per heavy atom. The standard InChI is InChI=1S/C24H21N3O5/c1-16(28)26-21-12-10-18(11-13-21)23(29)27-25-14-20-4-2-3-5-22(20)32-15-17-6-8-19(9-7-17)24(30)31/h2-14H,15H2,1H3,(H,26,28)(H,27,29)(H,30,31). The van der Waals surface area contributed by atoms with Crippen LogP contribution in [0.15, 0.2) is 77.9 Å². The van der Waals surface area contributed by atoms with Gasteiger partial charge in [-0.15, -0.1) is 0 Å². The molecule has 3 rings (SSSR count). The Balaban J connectivity index is 1.59. The molecule has 3 aromatic rings. The van der Waals surface area contributed by atoms with E-state index in [0.29, 0.717) is 22.6 Å². The number of carbonyl (C=O) groups excluding carboxylic acids is 2. The van der Waals surface area contributed by atoms with Crippen LogP contribution in [0.3, 0.4) is 0 Å². The average Bonchev–Trinajstić information content (AvgIpc) is 2.78. The lowest BCUT2D eigenvalue weighted by molar-refractivity contribution is -0.114. The van der Waals surface area contributed by atoms with Crippen LogP contribution < -0.4 is 15.5 Å². The Hall–Kier alpha value is -4.46. The fourth-order valence-electron chi connectivity index (χ4n) is 2.76. The Morgan fingerprint density at radius 3 is 2.25 bits per heavy atom. The van der Waals surface area contributed by atoms with E-state index in [-0.39, 0.29) is 18.1 Å². The first kappa shape index (κ1) is 22.2. The summed E-state index contributed by atoms with van der Waals surface area (Å²) in [4.78, 5) is 34.3. The molecule has 0 aliphatic heterocycles. The summed E-state index contributed by atoms with van der Waals surface area (Å²) < 4.78 is 5.82. The summed E-state index contributed by atoms with van der Waals surface area (Å²) in [7, 11) is 0. The quantitative estimate of drug-likeness (QED) is 0.371. The van der Waals surface area contributed by atoms with Crippen molar-refractivity contribution < 1.29 is 24.2 Å². The van der Waals surface area contributed by atoms with E-state index in [0.717, 1.165) is 5.56 Å². The molecule has 0 spiro atoms. The number of amides is 2. The highest BCUT2D eigenvalue weighted by molar-refractivity contribution is 5.96. The van der Waals surface area contributed by atoms with E-state index < -0.39 is 11.9 Å². The maximum absolute atomic E-state index is 12.3. The highest BCUT2D eigenvalue weighted by Crippen LogP contribution is 2.18. The van der Waals surface area contributed by atoms with Crippen LogP contribution in [-0.2, 0) is 11.4 Å². The molecule has 0 atom stereocenters. The van der Waals surface area contributed by atoms with Crippen LogP contribution in [0.1, 0.15) is 38.8 Å². The van der Waals surface area contributed by atoms with Gasteiger partial charge in [-0.05, 0) is 54.1 Å². The second-order valence-electron chi connectivity index (χ2n) is 6.79. The molecule has 0 bridgehead atoms. The van der Waals surface area contributed by atoms with Crippen LogP contribution >= 0.6 is 0 Å². The van der Waals surface area contributed by atoms with Gasteiger partial charge in [0, 0.05) is 23.7 Å². The van der Waals surface area contributed by atoms with E-state index >= 15 is 0 Å². The number of aromatic carboxylic acids is 1. The molecule has 0 heterocycles. The van der Waals surface area contributed by atoms with Gasteiger partial charge in [-0.1, -0.05) is 24.3 Å². The summed E-state index contributed by atoms with van der Waals surface area (Å²) in [5.41, 5.74) is 5.14. The summed E-state index contributed by atoms with van der Waals surface area (Å²) >= 11 is 0. The van der Waals surface area contributed by atoms with Gasteiger partial charge in [-0.25, -0.2) is 10.2 Å². The van der Waals surface area contributed by atoms with Crippen LogP contribution in [-0.4, -0.2) is 29.1 Å². The SMILES string of the molecule is CC(=O)Nc1ccc(C(=O)NN=Cc2ccccc2OCc2ccc(C(=O)O)cc2)cc1. The third-order valence-electron chi connectivity index (χ3n) is 4.35. The van der Waals surface area contributed by atoms with Gasteiger partial charge in [0.05, 0.1) is 11.8 Å². The molecule has 0 aliphatic carbocycles. The number of carboxylic acids is 1. The molecule has 0 aliphatic rings. The van der Waals surface area contributed by atoms with Gasteiger partial charge < -0.3 is 15.2 Å². The number of benzene rings is 3. The van der Waals surface area contributed by atoms with Crippen molar-refractivity contribution in [3.8, 4) is 5.75 Å². The molecule has 32 heavy (non-hydrogen) atoms.